The SMILES string of the molecule is CC(ON)C(=O)Oc1ccc(Cl)cc1. The van der Waals surface area contributed by atoms with E-state index in [0.29, 0.717) is 10.8 Å². The van der Waals surface area contributed by atoms with Crippen LogP contribution in [-0.2, 0) is 9.63 Å². The van der Waals surface area contributed by atoms with Crippen molar-refractivity contribution in [3.05, 3.63) is 29.3 Å². The minimum atomic E-state index is -0.786. The van der Waals surface area contributed by atoms with E-state index in [1.807, 2.05) is 0 Å². The van der Waals surface area contributed by atoms with E-state index < -0.39 is 12.1 Å². The van der Waals surface area contributed by atoms with Crippen molar-refractivity contribution in [1.29, 1.82) is 0 Å². The molecule has 0 aliphatic carbocycles. The maximum absolute atomic E-state index is 11.2. The van der Waals surface area contributed by atoms with Gasteiger partial charge in [-0.05, 0) is 31.2 Å². The minimum Gasteiger partial charge on any atom is -0.425 e. The molecule has 1 rings (SSSR count). The number of hydrogen-bond acceptors (Lipinski definition) is 4. The van der Waals surface area contributed by atoms with Gasteiger partial charge in [-0.25, -0.2) is 10.7 Å². The Labute approximate surface area is 86.5 Å². The summed E-state index contributed by atoms with van der Waals surface area (Å²) in [5, 5.41) is 0.577. The van der Waals surface area contributed by atoms with Crippen molar-refractivity contribution in [2.45, 2.75) is 13.0 Å². The third kappa shape index (κ3) is 2.99. The third-order valence-electron chi connectivity index (χ3n) is 1.57. The molecule has 5 heteroatoms. The van der Waals surface area contributed by atoms with Gasteiger partial charge in [0.05, 0.1) is 0 Å². The normalized spacial score (nSPS) is 12.2. The molecule has 0 aliphatic heterocycles. The summed E-state index contributed by atoms with van der Waals surface area (Å²) in [6, 6.07) is 6.42. The largest absolute Gasteiger partial charge is 0.425 e. The minimum absolute atomic E-state index is 0.406. The lowest BCUT2D eigenvalue weighted by Gasteiger charge is -2.08. The Hall–Kier alpha value is -1.10. The molecule has 0 aliphatic rings. The topological polar surface area (TPSA) is 61.5 Å². The first-order valence-corrected chi connectivity index (χ1v) is 4.34. The molecule has 14 heavy (non-hydrogen) atoms. The van der Waals surface area contributed by atoms with Crippen molar-refractivity contribution >= 4 is 17.6 Å². The molecule has 0 aromatic heterocycles. The van der Waals surface area contributed by atoms with Gasteiger partial charge >= 0.3 is 5.97 Å². The highest BCUT2D eigenvalue weighted by Gasteiger charge is 2.14. The monoisotopic (exact) mass is 215 g/mol. The zero-order valence-corrected chi connectivity index (χ0v) is 8.32. The molecule has 1 aromatic carbocycles. The third-order valence-corrected chi connectivity index (χ3v) is 1.82. The van der Waals surface area contributed by atoms with Crippen LogP contribution in [-0.4, -0.2) is 12.1 Å². The molecule has 0 saturated carbocycles. The first kappa shape index (κ1) is 11.0. The quantitative estimate of drug-likeness (QED) is 0.472. The predicted molar refractivity (Wildman–Crippen MR) is 51.8 cm³/mol. The average Bonchev–Trinajstić information content (AvgIpc) is 2.20. The number of halogens is 1. The lowest BCUT2D eigenvalue weighted by Crippen LogP contribution is -2.28. The summed E-state index contributed by atoms with van der Waals surface area (Å²) in [5.41, 5.74) is 0. The maximum atomic E-state index is 11.2. The lowest BCUT2D eigenvalue weighted by atomic mass is 10.3. The van der Waals surface area contributed by atoms with Gasteiger partial charge in [0.25, 0.3) is 0 Å². The zero-order chi connectivity index (χ0) is 10.6. The van der Waals surface area contributed by atoms with Gasteiger partial charge in [0.15, 0.2) is 6.10 Å². The average molecular weight is 216 g/mol. The van der Waals surface area contributed by atoms with E-state index >= 15 is 0 Å². The van der Waals surface area contributed by atoms with Crippen molar-refractivity contribution in [1.82, 2.24) is 0 Å². The van der Waals surface area contributed by atoms with Crippen LogP contribution in [0.2, 0.25) is 5.02 Å². The van der Waals surface area contributed by atoms with E-state index in [2.05, 4.69) is 4.84 Å². The Bertz CT molecular complexity index is 312. The van der Waals surface area contributed by atoms with E-state index in [4.69, 9.17) is 22.2 Å². The van der Waals surface area contributed by atoms with Crippen molar-refractivity contribution in [3.63, 3.8) is 0 Å². The molecule has 0 spiro atoms. The zero-order valence-electron chi connectivity index (χ0n) is 7.57. The molecule has 0 heterocycles. The van der Waals surface area contributed by atoms with Gasteiger partial charge in [0, 0.05) is 5.02 Å². The number of esters is 1. The number of ether oxygens (including phenoxy) is 1. The van der Waals surface area contributed by atoms with E-state index in [0.717, 1.165) is 0 Å². The van der Waals surface area contributed by atoms with Gasteiger partial charge in [-0.2, -0.15) is 0 Å². The molecule has 0 saturated heterocycles. The lowest BCUT2D eigenvalue weighted by molar-refractivity contribution is -0.146. The summed E-state index contributed by atoms with van der Waals surface area (Å²) < 4.78 is 4.92. The molecular formula is C9H10ClNO3. The standard InChI is InChI=1S/C9H10ClNO3/c1-6(14-11)9(12)13-8-4-2-7(10)3-5-8/h2-6H,11H2,1H3. The number of nitrogens with two attached hydrogens (primary N) is 1. The van der Waals surface area contributed by atoms with Crippen LogP contribution in [0.1, 0.15) is 6.92 Å². The van der Waals surface area contributed by atoms with Crippen LogP contribution < -0.4 is 10.6 Å². The summed E-state index contributed by atoms with van der Waals surface area (Å²) in [5.74, 6) is 4.69. The van der Waals surface area contributed by atoms with E-state index in [1.165, 1.54) is 6.92 Å². The first-order valence-electron chi connectivity index (χ1n) is 3.96. The number of hydrogen-bond donors (Lipinski definition) is 1. The van der Waals surface area contributed by atoms with E-state index in [9.17, 15) is 4.79 Å². The number of rotatable bonds is 3. The molecule has 2 N–H and O–H groups in total. The number of carbonyl (C=O) groups is 1. The second-order valence-corrected chi connectivity index (χ2v) is 3.09. The number of benzene rings is 1. The van der Waals surface area contributed by atoms with E-state index in [-0.39, 0.29) is 0 Å². The molecule has 76 valence electrons. The molecule has 1 aromatic rings. The van der Waals surface area contributed by atoms with Crippen LogP contribution in [0, 0.1) is 0 Å². The second-order valence-electron chi connectivity index (χ2n) is 2.65. The maximum Gasteiger partial charge on any atom is 0.342 e. The van der Waals surface area contributed by atoms with Crippen LogP contribution in [0.4, 0.5) is 0 Å². The van der Waals surface area contributed by atoms with Crippen molar-refractivity contribution in [3.8, 4) is 5.75 Å². The highest BCUT2D eigenvalue weighted by molar-refractivity contribution is 6.30. The van der Waals surface area contributed by atoms with Gasteiger partial charge in [0.2, 0.25) is 0 Å². The van der Waals surface area contributed by atoms with Crippen molar-refractivity contribution in [2.24, 2.45) is 5.90 Å². The van der Waals surface area contributed by atoms with Crippen LogP contribution >= 0.6 is 11.6 Å². The van der Waals surface area contributed by atoms with E-state index in [1.54, 1.807) is 24.3 Å². The Morgan fingerprint density at radius 3 is 2.50 bits per heavy atom. The molecule has 0 radical (unpaired) electrons. The number of carbonyl (C=O) groups excluding carboxylic acids is 1. The molecule has 1 unspecified atom stereocenters. The van der Waals surface area contributed by atoms with Gasteiger partial charge in [0.1, 0.15) is 5.75 Å². The smallest absolute Gasteiger partial charge is 0.342 e. The van der Waals surface area contributed by atoms with Crippen LogP contribution in [0.5, 0.6) is 5.75 Å². The summed E-state index contributed by atoms with van der Waals surface area (Å²) in [6.07, 6.45) is -0.786. The molecule has 1 atom stereocenters. The summed E-state index contributed by atoms with van der Waals surface area (Å²) >= 11 is 5.65. The van der Waals surface area contributed by atoms with Crippen LogP contribution in [0.3, 0.4) is 0 Å². The summed E-state index contributed by atoms with van der Waals surface area (Å²) in [7, 11) is 0. The highest BCUT2D eigenvalue weighted by Crippen LogP contribution is 2.15. The van der Waals surface area contributed by atoms with Crippen molar-refractivity contribution < 1.29 is 14.4 Å². The molecule has 0 bridgehead atoms. The Kier molecular flexibility index (Phi) is 3.88. The second kappa shape index (κ2) is 4.95. The predicted octanol–water partition coefficient (Wildman–Crippen LogP) is 1.52. The fraction of sp³-hybridized carbons (Fsp3) is 0.222. The molecule has 4 nitrogen and oxygen atoms in total. The summed E-state index contributed by atoms with van der Waals surface area (Å²) in [4.78, 5) is 15.5. The summed E-state index contributed by atoms with van der Waals surface area (Å²) in [6.45, 7) is 1.50. The van der Waals surface area contributed by atoms with Gasteiger partial charge in [-0.15, -0.1) is 0 Å². The fourth-order valence-electron chi connectivity index (χ4n) is 0.757. The van der Waals surface area contributed by atoms with Gasteiger partial charge < -0.3 is 4.74 Å². The van der Waals surface area contributed by atoms with Crippen LogP contribution in [0.15, 0.2) is 24.3 Å². The Morgan fingerprint density at radius 2 is 2.00 bits per heavy atom. The Morgan fingerprint density at radius 1 is 1.43 bits per heavy atom. The molecule has 0 amide bonds. The van der Waals surface area contributed by atoms with Gasteiger partial charge in [-0.3, -0.25) is 4.84 Å². The highest BCUT2D eigenvalue weighted by atomic mass is 35.5. The Balaban J connectivity index is 2.60. The van der Waals surface area contributed by atoms with Gasteiger partial charge in [-0.1, -0.05) is 11.6 Å². The van der Waals surface area contributed by atoms with Crippen LogP contribution in [0.25, 0.3) is 0 Å². The fourth-order valence-corrected chi connectivity index (χ4v) is 0.883. The molecular weight excluding hydrogens is 206 g/mol. The van der Waals surface area contributed by atoms with Crippen molar-refractivity contribution in [2.75, 3.05) is 0 Å². The first-order chi connectivity index (χ1) is 6.63. The molecule has 0 fully saturated rings.